The lowest BCUT2D eigenvalue weighted by molar-refractivity contribution is 0.358. The van der Waals surface area contributed by atoms with Crippen LogP contribution in [0.1, 0.15) is 11.1 Å². The van der Waals surface area contributed by atoms with Gasteiger partial charge in [-0.05, 0) is 24.6 Å². The SMILES string of the molecule is Cc1cccc(-c2cc(F)cc3c2OCC3)c1. The standard InChI is InChI=1S/C15H13FO/c1-10-3-2-4-11(7-10)14-9-13(16)8-12-5-6-17-15(12)14/h2-4,7-9H,5-6H2,1H3. The highest BCUT2D eigenvalue weighted by Gasteiger charge is 2.18. The monoisotopic (exact) mass is 228 g/mol. The van der Waals surface area contributed by atoms with Gasteiger partial charge in [0.05, 0.1) is 6.61 Å². The molecule has 1 aliphatic heterocycles. The van der Waals surface area contributed by atoms with Gasteiger partial charge < -0.3 is 4.74 Å². The van der Waals surface area contributed by atoms with Crippen molar-refractivity contribution in [1.29, 1.82) is 0 Å². The smallest absolute Gasteiger partial charge is 0.130 e. The molecule has 0 bridgehead atoms. The van der Waals surface area contributed by atoms with E-state index in [1.165, 1.54) is 5.56 Å². The van der Waals surface area contributed by atoms with Crippen LogP contribution in [0.2, 0.25) is 0 Å². The molecule has 0 spiro atoms. The lowest BCUT2D eigenvalue weighted by Gasteiger charge is -2.09. The molecule has 0 radical (unpaired) electrons. The topological polar surface area (TPSA) is 9.23 Å². The summed E-state index contributed by atoms with van der Waals surface area (Å²) in [5, 5.41) is 0. The molecule has 0 unspecified atom stereocenters. The molecule has 2 heteroatoms. The zero-order valence-electron chi connectivity index (χ0n) is 9.66. The molecule has 17 heavy (non-hydrogen) atoms. The molecular weight excluding hydrogens is 215 g/mol. The van der Waals surface area contributed by atoms with E-state index in [0.29, 0.717) is 6.61 Å². The van der Waals surface area contributed by atoms with Crippen LogP contribution in [0.25, 0.3) is 11.1 Å². The lowest BCUT2D eigenvalue weighted by atomic mass is 9.99. The van der Waals surface area contributed by atoms with E-state index in [1.807, 2.05) is 25.1 Å². The highest BCUT2D eigenvalue weighted by molar-refractivity contribution is 5.73. The molecule has 3 rings (SSSR count). The number of benzene rings is 2. The largest absolute Gasteiger partial charge is 0.492 e. The molecule has 1 aliphatic rings. The predicted octanol–water partition coefficient (Wildman–Crippen LogP) is 3.74. The van der Waals surface area contributed by atoms with Gasteiger partial charge in [0.25, 0.3) is 0 Å². The first-order chi connectivity index (χ1) is 8.24. The van der Waals surface area contributed by atoms with Crippen LogP contribution in [0.3, 0.4) is 0 Å². The second-order valence-electron chi connectivity index (χ2n) is 4.41. The number of halogens is 1. The van der Waals surface area contributed by atoms with Crippen LogP contribution in [0.5, 0.6) is 5.75 Å². The summed E-state index contributed by atoms with van der Waals surface area (Å²) in [5.41, 5.74) is 4.02. The summed E-state index contributed by atoms with van der Waals surface area (Å²) in [6, 6.07) is 11.2. The normalized spacial score (nSPS) is 13.3. The second-order valence-corrected chi connectivity index (χ2v) is 4.41. The van der Waals surface area contributed by atoms with E-state index in [4.69, 9.17) is 4.74 Å². The summed E-state index contributed by atoms with van der Waals surface area (Å²) in [4.78, 5) is 0. The Labute approximate surface area is 99.9 Å². The van der Waals surface area contributed by atoms with E-state index in [-0.39, 0.29) is 5.82 Å². The first-order valence-electron chi connectivity index (χ1n) is 5.76. The lowest BCUT2D eigenvalue weighted by Crippen LogP contribution is -1.90. The third-order valence-electron chi connectivity index (χ3n) is 3.08. The van der Waals surface area contributed by atoms with Crippen molar-refractivity contribution in [1.82, 2.24) is 0 Å². The number of hydrogen-bond donors (Lipinski definition) is 0. The Kier molecular flexibility index (Phi) is 2.36. The highest BCUT2D eigenvalue weighted by Crippen LogP contribution is 2.37. The fraction of sp³-hybridized carbons (Fsp3) is 0.200. The minimum atomic E-state index is -0.189. The van der Waals surface area contributed by atoms with Crippen LogP contribution < -0.4 is 4.74 Å². The van der Waals surface area contributed by atoms with Crippen molar-refractivity contribution < 1.29 is 9.13 Å². The minimum Gasteiger partial charge on any atom is -0.492 e. The molecular formula is C15H13FO. The van der Waals surface area contributed by atoms with E-state index in [9.17, 15) is 4.39 Å². The Hall–Kier alpha value is -1.83. The Morgan fingerprint density at radius 1 is 1.18 bits per heavy atom. The molecule has 0 saturated heterocycles. The van der Waals surface area contributed by atoms with Gasteiger partial charge in [-0.1, -0.05) is 29.8 Å². The summed E-state index contributed by atoms with van der Waals surface area (Å²) in [6.07, 6.45) is 0.798. The van der Waals surface area contributed by atoms with Crippen molar-refractivity contribution >= 4 is 0 Å². The molecule has 0 aliphatic carbocycles. The van der Waals surface area contributed by atoms with Crippen LogP contribution in [-0.2, 0) is 6.42 Å². The second kappa shape index (κ2) is 3.88. The van der Waals surface area contributed by atoms with Crippen molar-refractivity contribution in [3.63, 3.8) is 0 Å². The predicted molar refractivity (Wildman–Crippen MR) is 65.8 cm³/mol. The molecule has 0 saturated carbocycles. The van der Waals surface area contributed by atoms with Gasteiger partial charge in [-0.3, -0.25) is 0 Å². The molecule has 86 valence electrons. The van der Waals surface area contributed by atoms with E-state index >= 15 is 0 Å². The van der Waals surface area contributed by atoms with Gasteiger partial charge in [0.2, 0.25) is 0 Å². The summed E-state index contributed by atoms with van der Waals surface area (Å²) in [5.74, 6) is 0.655. The van der Waals surface area contributed by atoms with Gasteiger partial charge >= 0.3 is 0 Å². The van der Waals surface area contributed by atoms with Crippen molar-refractivity contribution in [3.05, 3.63) is 53.3 Å². The molecule has 1 heterocycles. The van der Waals surface area contributed by atoms with Gasteiger partial charge in [-0.2, -0.15) is 0 Å². The van der Waals surface area contributed by atoms with Crippen molar-refractivity contribution in [2.24, 2.45) is 0 Å². The average Bonchev–Trinajstić information content (AvgIpc) is 2.75. The van der Waals surface area contributed by atoms with E-state index in [0.717, 1.165) is 28.9 Å². The average molecular weight is 228 g/mol. The Balaban J connectivity index is 2.21. The summed E-state index contributed by atoms with van der Waals surface area (Å²) in [7, 11) is 0. The van der Waals surface area contributed by atoms with Crippen LogP contribution in [0.15, 0.2) is 36.4 Å². The molecule has 2 aromatic carbocycles. The van der Waals surface area contributed by atoms with E-state index in [1.54, 1.807) is 12.1 Å². The van der Waals surface area contributed by atoms with Crippen LogP contribution >= 0.6 is 0 Å². The Morgan fingerprint density at radius 3 is 2.88 bits per heavy atom. The highest BCUT2D eigenvalue weighted by atomic mass is 19.1. The maximum Gasteiger partial charge on any atom is 0.130 e. The number of ether oxygens (including phenoxy) is 1. The van der Waals surface area contributed by atoms with Crippen LogP contribution in [-0.4, -0.2) is 6.61 Å². The number of fused-ring (bicyclic) bond motifs is 1. The summed E-state index contributed by atoms with van der Waals surface area (Å²) >= 11 is 0. The zero-order chi connectivity index (χ0) is 11.8. The van der Waals surface area contributed by atoms with Gasteiger partial charge in [-0.15, -0.1) is 0 Å². The van der Waals surface area contributed by atoms with Crippen LogP contribution in [0.4, 0.5) is 4.39 Å². The summed E-state index contributed by atoms with van der Waals surface area (Å²) in [6.45, 7) is 2.68. The molecule has 0 fully saturated rings. The number of aryl methyl sites for hydroxylation is 1. The van der Waals surface area contributed by atoms with Crippen LogP contribution in [0, 0.1) is 12.7 Å². The Morgan fingerprint density at radius 2 is 2.06 bits per heavy atom. The fourth-order valence-corrected chi connectivity index (χ4v) is 2.30. The van der Waals surface area contributed by atoms with Gasteiger partial charge in [0.15, 0.2) is 0 Å². The first-order valence-corrected chi connectivity index (χ1v) is 5.76. The van der Waals surface area contributed by atoms with Crippen molar-refractivity contribution in [2.75, 3.05) is 6.61 Å². The molecule has 0 aromatic heterocycles. The summed E-state index contributed by atoms with van der Waals surface area (Å²) < 4.78 is 19.2. The zero-order valence-corrected chi connectivity index (χ0v) is 9.66. The third kappa shape index (κ3) is 1.80. The maximum atomic E-state index is 13.6. The quantitative estimate of drug-likeness (QED) is 0.722. The molecule has 0 N–H and O–H groups in total. The van der Waals surface area contributed by atoms with E-state index in [2.05, 4.69) is 6.07 Å². The molecule has 0 amide bonds. The van der Waals surface area contributed by atoms with Gasteiger partial charge in [0.1, 0.15) is 11.6 Å². The number of rotatable bonds is 1. The van der Waals surface area contributed by atoms with Gasteiger partial charge in [0, 0.05) is 17.5 Å². The fourth-order valence-electron chi connectivity index (χ4n) is 2.30. The van der Waals surface area contributed by atoms with Gasteiger partial charge in [-0.25, -0.2) is 4.39 Å². The third-order valence-corrected chi connectivity index (χ3v) is 3.08. The number of hydrogen-bond acceptors (Lipinski definition) is 1. The van der Waals surface area contributed by atoms with E-state index < -0.39 is 0 Å². The molecule has 2 aromatic rings. The van der Waals surface area contributed by atoms with Crippen molar-refractivity contribution in [3.8, 4) is 16.9 Å². The maximum absolute atomic E-state index is 13.6. The molecule has 1 nitrogen and oxygen atoms in total. The first kappa shape index (κ1) is 10.3. The molecule has 0 atom stereocenters. The minimum absolute atomic E-state index is 0.189. The van der Waals surface area contributed by atoms with Crippen molar-refractivity contribution in [2.45, 2.75) is 13.3 Å². The Bertz CT molecular complexity index is 575.